The predicted octanol–water partition coefficient (Wildman–Crippen LogP) is 4.27. The summed E-state index contributed by atoms with van der Waals surface area (Å²) in [5, 5.41) is 0. The minimum Gasteiger partial charge on any atom is -0.366 e. The van der Waals surface area contributed by atoms with Gasteiger partial charge in [0.1, 0.15) is 0 Å². The molecule has 0 N–H and O–H groups in total. The van der Waals surface area contributed by atoms with Gasteiger partial charge in [0.15, 0.2) is 0 Å². The minimum absolute atomic E-state index is 1.05. The highest BCUT2D eigenvalue weighted by atomic mass is 32.1. The van der Waals surface area contributed by atoms with Crippen molar-refractivity contribution in [1.82, 2.24) is 0 Å². The zero-order chi connectivity index (χ0) is 12.5. The van der Waals surface area contributed by atoms with Gasteiger partial charge < -0.3 is 4.90 Å². The molecular formula is C16H18NS. The first kappa shape index (κ1) is 11.8. The molecule has 1 aromatic carbocycles. The molecule has 1 aliphatic heterocycles. The number of hydrogen-bond donors (Lipinski definition) is 0. The Hall–Kier alpha value is -1.28. The smallest absolute Gasteiger partial charge is 0.0523 e. The van der Waals surface area contributed by atoms with Crippen LogP contribution in [0.5, 0.6) is 0 Å². The maximum absolute atomic E-state index is 2.50. The molecular weight excluding hydrogens is 238 g/mol. The molecule has 0 amide bonds. The summed E-state index contributed by atoms with van der Waals surface area (Å²) in [6.07, 6.45) is 1.19. The molecule has 0 unspecified atom stereocenters. The first-order valence-electron chi connectivity index (χ1n) is 6.46. The molecule has 0 saturated carbocycles. The molecule has 2 aromatic rings. The maximum Gasteiger partial charge on any atom is 0.0523 e. The van der Waals surface area contributed by atoms with E-state index < -0.39 is 0 Å². The fourth-order valence-corrected chi connectivity index (χ4v) is 3.47. The van der Waals surface area contributed by atoms with Crippen LogP contribution in [-0.4, -0.2) is 6.54 Å². The minimum atomic E-state index is 1.05. The van der Waals surface area contributed by atoms with Crippen molar-refractivity contribution in [3.05, 3.63) is 57.6 Å². The molecule has 0 atom stereocenters. The zero-order valence-corrected chi connectivity index (χ0v) is 11.8. The molecule has 0 aliphatic carbocycles. The van der Waals surface area contributed by atoms with Gasteiger partial charge in [-0.15, -0.1) is 11.3 Å². The van der Waals surface area contributed by atoms with Gasteiger partial charge in [-0.2, -0.15) is 0 Å². The van der Waals surface area contributed by atoms with Crippen molar-refractivity contribution in [2.24, 2.45) is 0 Å². The van der Waals surface area contributed by atoms with Crippen molar-refractivity contribution in [2.45, 2.75) is 26.8 Å². The lowest BCUT2D eigenvalue weighted by Gasteiger charge is -2.18. The summed E-state index contributed by atoms with van der Waals surface area (Å²) in [5.41, 5.74) is 2.91. The predicted molar refractivity (Wildman–Crippen MR) is 79.2 cm³/mol. The van der Waals surface area contributed by atoms with Gasteiger partial charge in [0.25, 0.3) is 0 Å². The maximum atomic E-state index is 2.50. The molecule has 93 valence electrons. The molecule has 1 radical (unpaired) electrons. The molecule has 3 rings (SSSR count). The Bertz CT molecular complexity index is 542. The van der Waals surface area contributed by atoms with Crippen LogP contribution >= 0.6 is 11.3 Å². The zero-order valence-electron chi connectivity index (χ0n) is 10.9. The van der Waals surface area contributed by atoms with Crippen LogP contribution in [0.2, 0.25) is 0 Å². The van der Waals surface area contributed by atoms with Crippen LogP contribution in [0.3, 0.4) is 0 Å². The van der Waals surface area contributed by atoms with Gasteiger partial charge in [-0.05, 0) is 30.2 Å². The van der Waals surface area contributed by atoms with Gasteiger partial charge in [0.2, 0.25) is 0 Å². The van der Waals surface area contributed by atoms with Crippen LogP contribution in [0.15, 0.2) is 36.4 Å². The van der Waals surface area contributed by atoms with Crippen LogP contribution in [-0.2, 0) is 13.0 Å². The lowest BCUT2D eigenvalue weighted by Crippen LogP contribution is -2.18. The second-order valence-electron chi connectivity index (χ2n) is 5.07. The average Bonchev–Trinajstić information content (AvgIpc) is 2.98. The summed E-state index contributed by atoms with van der Waals surface area (Å²) in [7, 11) is 0. The summed E-state index contributed by atoms with van der Waals surface area (Å²) in [5.74, 6) is 1.41. The van der Waals surface area contributed by atoms with Crippen molar-refractivity contribution in [3.8, 4) is 0 Å². The third-order valence-electron chi connectivity index (χ3n) is 3.48. The highest BCUT2D eigenvalue weighted by molar-refractivity contribution is 7.12. The number of benzene rings is 1. The lowest BCUT2D eigenvalue weighted by atomic mass is 10.2. The Morgan fingerprint density at radius 1 is 1.17 bits per heavy atom. The molecule has 1 aromatic heterocycles. The molecule has 0 spiro atoms. The molecule has 0 bridgehead atoms. The largest absolute Gasteiger partial charge is 0.366 e. The molecule has 1 aliphatic rings. The Morgan fingerprint density at radius 2 is 2.00 bits per heavy atom. The second-order valence-corrected chi connectivity index (χ2v) is 6.23. The Balaban J connectivity index is 1.78. The van der Waals surface area contributed by atoms with E-state index in [-0.39, 0.29) is 0 Å². The van der Waals surface area contributed by atoms with Gasteiger partial charge in [0.05, 0.1) is 6.54 Å². The number of thiophene rings is 1. The fraction of sp³-hybridized carbons (Fsp3) is 0.312. The van der Waals surface area contributed by atoms with E-state index in [0.29, 0.717) is 0 Å². The van der Waals surface area contributed by atoms with E-state index in [1.807, 2.05) is 11.3 Å². The van der Waals surface area contributed by atoms with Crippen LogP contribution in [0.25, 0.3) is 0 Å². The number of fused-ring (bicyclic) bond motifs is 1. The van der Waals surface area contributed by atoms with Gasteiger partial charge in [0, 0.05) is 27.9 Å². The number of rotatable bonds is 3. The molecule has 2 heteroatoms. The van der Waals surface area contributed by atoms with Crippen LogP contribution in [0, 0.1) is 5.92 Å². The van der Waals surface area contributed by atoms with Gasteiger partial charge in [-0.25, -0.2) is 0 Å². The van der Waals surface area contributed by atoms with Gasteiger partial charge in [-0.3, -0.25) is 0 Å². The van der Waals surface area contributed by atoms with Gasteiger partial charge in [-0.1, -0.05) is 32.0 Å². The van der Waals surface area contributed by atoms with Crippen molar-refractivity contribution in [2.75, 3.05) is 11.4 Å². The third-order valence-corrected chi connectivity index (χ3v) is 4.78. The molecule has 0 fully saturated rings. The normalized spacial score (nSPS) is 14.3. The van der Waals surface area contributed by atoms with E-state index in [1.54, 1.807) is 0 Å². The summed E-state index contributed by atoms with van der Waals surface area (Å²) in [6.45, 7) is 6.57. The summed E-state index contributed by atoms with van der Waals surface area (Å²) in [6, 6.07) is 13.3. The Kier molecular flexibility index (Phi) is 3.13. The van der Waals surface area contributed by atoms with Crippen molar-refractivity contribution in [1.29, 1.82) is 0 Å². The van der Waals surface area contributed by atoms with E-state index in [4.69, 9.17) is 0 Å². The lowest BCUT2D eigenvalue weighted by molar-refractivity contribution is 0.846. The van der Waals surface area contributed by atoms with Crippen molar-refractivity contribution in [3.63, 3.8) is 0 Å². The van der Waals surface area contributed by atoms with E-state index in [1.165, 1.54) is 33.3 Å². The molecule has 18 heavy (non-hydrogen) atoms. The standard InChI is InChI=1S/C16H18NS/c1-12(2)16-8-7-14(18-16)11-17-10-9-13-5-3-4-6-15(13)17/h3-8H,9-11H2,1-2H3. The van der Waals surface area contributed by atoms with E-state index in [0.717, 1.165) is 13.1 Å². The average molecular weight is 256 g/mol. The first-order chi connectivity index (χ1) is 8.74. The Morgan fingerprint density at radius 3 is 2.78 bits per heavy atom. The van der Waals surface area contributed by atoms with E-state index >= 15 is 0 Å². The second kappa shape index (κ2) is 4.77. The van der Waals surface area contributed by atoms with Crippen molar-refractivity contribution >= 4 is 17.0 Å². The fourth-order valence-electron chi connectivity index (χ4n) is 2.49. The van der Waals surface area contributed by atoms with Gasteiger partial charge >= 0.3 is 0 Å². The SMILES string of the molecule is C[C](C)c1ccc(CN2CCc3ccccc32)s1. The number of nitrogens with zero attached hydrogens (tertiary/aromatic N) is 1. The van der Waals surface area contributed by atoms with Crippen molar-refractivity contribution < 1.29 is 0 Å². The topological polar surface area (TPSA) is 3.24 Å². The number of para-hydroxylation sites is 1. The quantitative estimate of drug-likeness (QED) is 0.792. The summed E-state index contributed by atoms with van der Waals surface area (Å²) in [4.78, 5) is 5.37. The summed E-state index contributed by atoms with van der Waals surface area (Å²) < 4.78 is 0. The van der Waals surface area contributed by atoms with E-state index in [9.17, 15) is 0 Å². The molecule has 2 heterocycles. The first-order valence-corrected chi connectivity index (χ1v) is 7.28. The monoisotopic (exact) mass is 256 g/mol. The number of anilines is 1. The van der Waals surface area contributed by atoms with Crippen LogP contribution < -0.4 is 4.90 Å². The highest BCUT2D eigenvalue weighted by Gasteiger charge is 2.18. The number of hydrogen-bond acceptors (Lipinski definition) is 2. The third kappa shape index (κ3) is 2.17. The van der Waals surface area contributed by atoms with Crippen LogP contribution in [0.1, 0.15) is 29.2 Å². The highest BCUT2D eigenvalue weighted by Crippen LogP contribution is 2.31. The molecule has 0 saturated heterocycles. The summed E-state index contributed by atoms with van der Waals surface area (Å²) >= 11 is 1.92. The van der Waals surface area contributed by atoms with E-state index in [2.05, 4.69) is 55.1 Å². The molecule has 1 nitrogen and oxygen atoms in total. The Labute approximate surface area is 113 Å². The van der Waals surface area contributed by atoms with Crippen LogP contribution in [0.4, 0.5) is 5.69 Å².